The fourth-order valence-corrected chi connectivity index (χ4v) is 4.77. The van der Waals surface area contributed by atoms with Crippen LogP contribution in [-0.2, 0) is 20.9 Å². The number of hydrogen-bond donors (Lipinski definition) is 0. The van der Waals surface area contributed by atoms with Crippen LogP contribution in [0.1, 0.15) is 5.56 Å². The maximum absolute atomic E-state index is 14.2. The predicted molar refractivity (Wildman–Crippen MR) is 99.5 cm³/mol. The lowest BCUT2D eigenvalue weighted by Crippen LogP contribution is -2.48. The zero-order valence-corrected chi connectivity index (χ0v) is 15.2. The number of halogens is 2. The molecule has 5 nitrogen and oxygen atoms in total. The summed E-state index contributed by atoms with van der Waals surface area (Å²) in [4.78, 5) is 41.8. The number of fused-ring (bicyclic) bond motifs is 5. The maximum Gasteiger partial charge on any atom is 0.239 e. The van der Waals surface area contributed by atoms with Crippen molar-refractivity contribution in [2.45, 2.75) is 18.6 Å². The van der Waals surface area contributed by atoms with Gasteiger partial charge in [-0.15, -0.1) is 0 Å². The summed E-state index contributed by atoms with van der Waals surface area (Å²) < 4.78 is 27.8. The van der Waals surface area contributed by atoms with E-state index in [1.54, 1.807) is 41.3 Å². The number of ketones is 1. The molecule has 4 atom stereocenters. The highest BCUT2D eigenvalue weighted by Crippen LogP contribution is 2.47. The number of carbonyl (C=O) groups is 3. The number of anilines is 1. The lowest BCUT2D eigenvalue weighted by atomic mass is 9.90. The van der Waals surface area contributed by atoms with Gasteiger partial charge in [0.1, 0.15) is 0 Å². The summed E-state index contributed by atoms with van der Waals surface area (Å²) in [5, 5.41) is 0. The maximum atomic E-state index is 14.2. The Labute approximate surface area is 165 Å². The first-order valence-electron chi connectivity index (χ1n) is 9.32. The molecule has 29 heavy (non-hydrogen) atoms. The van der Waals surface area contributed by atoms with E-state index in [1.807, 2.05) is 0 Å². The summed E-state index contributed by atoms with van der Waals surface area (Å²) >= 11 is 0. The summed E-state index contributed by atoms with van der Waals surface area (Å²) in [6.45, 7) is -0.0616. The summed E-state index contributed by atoms with van der Waals surface area (Å²) in [5.74, 6) is -4.64. The van der Waals surface area contributed by atoms with E-state index in [4.69, 9.17) is 0 Å². The van der Waals surface area contributed by atoms with Gasteiger partial charge in [-0.2, -0.15) is 0 Å². The number of amides is 2. The zero-order chi connectivity index (χ0) is 20.3. The van der Waals surface area contributed by atoms with Gasteiger partial charge < -0.3 is 0 Å². The molecule has 3 aliphatic rings. The van der Waals surface area contributed by atoms with Crippen LogP contribution in [0.3, 0.4) is 0 Å². The van der Waals surface area contributed by atoms with Crippen LogP contribution in [0.15, 0.2) is 60.7 Å². The van der Waals surface area contributed by atoms with Gasteiger partial charge in [0.25, 0.3) is 0 Å². The Hall–Kier alpha value is -3.19. The molecule has 0 N–H and O–H groups in total. The van der Waals surface area contributed by atoms with Gasteiger partial charge in [-0.05, 0) is 24.3 Å². The SMILES string of the molecule is O=C1C=C[C@H]2C3C(=O)N(c4ccccc4)C(=O)C3[C@@H]1N2Cc1cccc(F)c1F. The Morgan fingerprint density at radius 1 is 0.862 bits per heavy atom. The second kappa shape index (κ2) is 6.42. The van der Waals surface area contributed by atoms with Crippen LogP contribution in [0.5, 0.6) is 0 Å². The molecule has 0 spiro atoms. The molecular formula is C22H16F2N2O3. The average Bonchev–Trinajstić information content (AvgIpc) is 3.10. The number of nitrogens with zero attached hydrogens (tertiary/aromatic N) is 2. The van der Waals surface area contributed by atoms with Crippen molar-refractivity contribution in [3.63, 3.8) is 0 Å². The summed E-state index contributed by atoms with van der Waals surface area (Å²) in [6.07, 6.45) is 2.99. The van der Waals surface area contributed by atoms with Crippen LogP contribution in [0, 0.1) is 23.5 Å². The molecule has 2 aromatic rings. The monoisotopic (exact) mass is 394 g/mol. The van der Waals surface area contributed by atoms with Crippen molar-refractivity contribution in [3.05, 3.63) is 77.9 Å². The largest absolute Gasteiger partial charge is 0.293 e. The van der Waals surface area contributed by atoms with Crippen LogP contribution in [-0.4, -0.2) is 34.6 Å². The molecule has 2 fully saturated rings. The van der Waals surface area contributed by atoms with Gasteiger partial charge in [0.15, 0.2) is 17.4 Å². The molecule has 2 unspecified atom stereocenters. The van der Waals surface area contributed by atoms with E-state index >= 15 is 0 Å². The fraction of sp³-hybridized carbons (Fsp3) is 0.227. The van der Waals surface area contributed by atoms with E-state index in [9.17, 15) is 23.2 Å². The summed E-state index contributed by atoms with van der Waals surface area (Å²) in [6, 6.07) is 11.0. The molecule has 0 saturated carbocycles. The minimum absolute atomic E-state index is 0.0616. The highest BCUT2D eigenvalue weighted by molar-refractivity contribution is 6.24. The van der Waals surface area contributed by atoms with E-state index in [0.29, 0.717) is 5.69 Å². The van der Waals surface area contributed by atoms with Gasteiger partial charge in [0.05, 0.1) is 23.6 Å². The van der Waals surface area contributed by atoms with Gasteiger partial charge in [-0.1, -0.05) is 36.4 Å². The Balaban J connectivity index is 1.53. The van der Waals surface area contributed by atoms with Crippen LogP contribution < -0.4 is 4.90 Å². The zero-order valence-electron chi connectivity index (χ0n) is 15.2. The van der Waals surface area contributed by atoms with Crippen molar-refractivity contribution >= 4 is 23.3 Å². The van der Waals surface area contributed by atoms with Crippen molar-refractivity contribution < 1.29 is 23.2 Å². The topological polar surface area (TPSA) is 57.7 Å². The molecule has 2 saturated heterocycles. The van der Waals surface area contributed by atoms with Gasteiger partial charge in [0, 0.05) is 18.2 Å². The third kappa shape index (κ3) is 2.50. The summed E-state index contributed by atoms with van der Waals surface area (Å²) in [7, 11) is 0. The average molecular weight is 394 g/mol. The fourth-order valence-electron chi connectivity index (χ4n) is 4.77. The Morgan fingerprint density at radius 3 is 2.34 bits per heavy atom. The van der Waals surface area contributed by atoms with Crippen molar-refractivity contribution in [3.8, 4) is 0 Å². The molecule has 146 valence electrons. The minimum Gasteiger partial charge on any atom is -0.293 e. The molecule has 0 aromatic heterocycles. The van der Waals surface area contributed by atoms with E-state index in [1.165, 1.54) is 18.2 Å². The lowest BCUT2D eigenvalue weighted by molar-refractivity contribution is -0.129. The second-order valence-electron chi connectivity index (χ2n) is 7.48. The molecule has 3 aliphatic heterocycles. The van der Waals surface area contributed by atoms with Gasteiger partial charge >= 0.3 is 0 Å². The van der Waals surface area contributed by atoms with Crippen molar-refractivity contribution in [2.24, 2.45) is 11.8 Å². The predicted octanol–water partition coefficient (Wildman–Crippen LogP) is 2.46. The highest BCUT2D eigenvalue weighted by atomic mass is 19.2. The first-order chi connectivity index (χ1) is 14.0. The normalized spacial score (nSPS) is 28.3. The third-order valence-electron chi connectivity index (χ3n) is 5.99. The smallest absolute Gasteiger partial charge is 0.239 e. The van der Waals surface area contributed by atoms with Crippen LogP contribution in [0.4, 0.5) is 14.5 Å². The molecule has 5 rings (SSSR count). The molecule has 2 amide bonds. The first-order valence-corrected chi connectivity index (χ1v) is 9.32. The van der Waals surface area contributed by atoms with Crippen LogP contribution in [0.25, 0.3) is 0 Å². The Kier molecular flexibility index (Phi) is 3.96. The number of rotatable bonds is 3. The lowest BCUT2D eigenvalue weighted by Gasteiger charge is -2.33. The first kappa shape index (κ1) is 17.9. The van der Waals surface area contributed by atoms with Crippen molar-refractivity contribution in [1.82, 2.24) is 4.90 Å². The molecule has 3 heterocycles. The number of hydrogen-bond acceptors (Lipinski definition) is 4. The van der Waals surface area contributed by atoms with E-state index < -0.39 is 41.5 Å². The molecule has 0 aliphatic carbocycles. The molecule has 2 bridgehead atoms. The number of imide groups is 1. The van der Waals surface area contributed by atoms with E-state index in [0.717, 1.165) is 11.0 Å². The Bertz CT molecular complexity index is 1070. The summed E-state index contributed by atoms with van der Waals surface area (Å²) in [5.41, 5.74) is 0.553. The van der Waals surface area contributed by atoms with Crippen molar-refractivity contribution in [2.75, 3.05) is 4.90 Å². The van der Waals surface area contributed by atoms with Crippen molar-refractivity contribution in [1.29, 1.82) is 0 Å². The van der Waals surface area contributed by atoms with Gasteiger partial charge in [-0.3, -0.25) is 19.3 Å². The molecule has 2 aromatic carbocycles. The number of benzene rings is 2. The van der Waals surface area contributed by atoms with E-state index in [2.05, 4.69) is 0 Å². The standard InChI is InChI=1S/C22H16F2N2O3/c23-14-8-4-5-12(19(14)24)11-25-15-9-10-16(27)20(25)18-17(15)21(28)26(22(18)29)13-6-2-1-3-7-13/h1-10,15,17-18,20H,11H2/t15-,17?,18?,20+/m0/s1. The Morgan fingerprint density at radius 2 is 1.59 bits per heavy atom. The van der Waals surface area contributed by atoms with Crippen LogP contribution >= 0.6 is 0 Å². The number of carbonyl (C=O) groups excluding carboxylic acids is 3. The third-order valence-corrected chi connectivity index (χ3v) is 5.99. The molecular weight excluding hydrogens is 378 g/mol. The quantitative estimate of drug-likeness (QED) is 0.751. The number of para-hydroxylation sites is 1. The van der Waals surface area contributed by atoms with Gasteiger partial charge in [0.2, 0.25) is 11.8 Å². The van der Waals surface area contributed by atoms with Gasteiger partial charge in [-0.25, -0.2) is 13.7 Å². The van der Waals surface area contributed by atoms with Crippen LogP contribution in [0.2, 0.25) is 0 Å². The second-order valence-corrected chi connectivity index (χ2v) is 7.48. The minimum atomic E-state index is -0.984. The highest BCUT2D eigenvalue weighted by Gasteiger charge is 2.64. The van der Waals surface area contributed by atoms with E-state index in [-0.39, 0.29) is 23.8 Å². The molecule has 7 heteroatoms. The molecule has 0 radical (unpaired) electrons.